The Bertz CT molecular complexity index is 168. The smallest absolute Gasteiger partial charge is 0.0345 e. The molecule has 0 amide bonds. The number of rotatable bonds is 2. The van der Waals surface area contributed by atoms with Crippen molar-refractivity contribution in [3.05, 3.63) is 0 Å². The van der Waals surface area contributed by atoms with Crippen LogP contribution in [0.4, 0.5) is 0 Å². The number of nitrogens with zero attached hydrogens (tertiary/aromatic N) is 2. The van der Waals surface area contributed by atoms with Gasteiger partial charge in [-0.25, -0.2) is 0 Å². The maximum absolute atomic E-state index is 3.34. The van der Waals surface area contributed by atoms with Crippen LogP contribution in [0.5, 0.6) is 0 Å². The molecule has 1 atom stereocenters. The highest BCUT2D eigenvalue weighted by atomic mass is 15.3. The quantitative estimate of drug-likeness (QED) is 0.649. The molecule has 0 aromatic rings. The van der Waals surface area contributed by atoms with E-state index >= 15 is 0 Å². The average molecular weight is 183 g/mol. The van der Waals surface area contributed by atoms with Crippen molar-refractivity contribution in [2.24, 2.45) is 0 Å². The molecule has 3 heteroatoms. The first-order valence-corrected chi connectivity index (χ1v) is 5.38. The highest BCUT2D eigenvalue weighted by molar-refractivity contribution is 4.88. The van der Waals surface area contributed by atoms with E-state index in [0.29, 0.717) is 0 Å². The molecular formula is C10H21N3. The van der Waals surface area contributed by atoms with Crippen LogP contribution < -0.4 is 5.32 Å². The first-order valence-electron chi connectivity index (χ1n) is 5.38. The third-order valence-corrected chi connectivity index (χ3v) is 3.51. The summed E-state index contributed by atoms with van der Waals surface area (Å²) < 4.78 is 0. The van der Waals surface area contributed by atoms with Crippen LogP contribution in [0.1, 0.15) is 12.8 Å². The van der Waals surface area contributed by atoms with E-state index in [2.05, 4.69) is 29.2 Å². The molecule has 0 bridgehead atoms. The Morgan fingerprint density at radius 3 is 2.62 bits per heavy atom. The number of hydrogen-bond donors (Lipinski definition) is 1. The van der Waals surface area contributed by atoms with Crippen LogP contribution in [-0.4, -0.2) is 62.2 Å². The second kappa shape index (κ2) is 3.95. The van der Waals surface area contributed by atoms with Gasteiger partial charge in [-0.3, -0.25) is 4.90 Å². The second-order valence-electron chi connectivity index (χ2n) is 4.54. The van der Waals surface area contributed by atoms with Crippen LogP contribution in [0.25, 0.3) is 0 Å². The van der Waals surface area contributed by atoms with Gasteiger partial charge in [0.15, 0.2) is 0 Å². The van der Waals surface area contributed by atoms with Gasteiger partial charge in [0.05, 0.1) is 0 Å². The summed E-state index contributed by atoms with van der Waals surface area (Å²) in [6, 6.07) is 1.60. The zero-order chi connectivity index (χ0) is 9.26. The van der Waals surface area contributed by atoms with Crippen LogP contribution in [0.3, 0.4) is 0 Å². The first kappa shape index (κ1) is 9.44. The van der Waals surface area contributed by atoms with Crippen LogP contribution in [0.15, 0.2) is 0 Å². The lowest BCUT2D eigenvalue weighted by Crippen LogP contribution is -2.60. The summed E-state index contributed by atoms with van der Waals surface area (Å²) in [5.74, 6) is 0. The molecule has 2 heterocycles. The summed E-state index contributed by atoms with van der Waals surface area (Å²) in [6.07, 6.45) is 2.75. The molecule has 2 rings (SSSR count). The summed E-state index contributed by atoms with van der Waals surface area (Å²) in [4.78, 5) is 5.03. The maximum Gasteiger partial charge on any atom is 0.0345 e. The molecule has 0 radical (unpaired) electrons. The number of likely N-dealkylation sites (N-methyl/N-ethyl adjacent to an activating group) is 2. The van der Waals surface area contributed by atoms with Gasteiger partial charge in [0.2, 0.25) is 0 Å². The van der Waals surface area contributed by atoms with E-state index in [9.17, 15) is 0 Å². The third kappa shape index (κ3) is 2.03. The lowest BCUT2D eigenvalue weighted by molar-refractivity contribution is 0.0752. The van der Waals surface area contributed by atoms with Crippen molar-refractivity contribution in [3.8, 4) is 0 Å². The van der Waals surface area contributed by atoms with Gasteiger partial charge in [-0.2, -0.15) is 0 Å². The Morgan fingerprint density at radius 2 is 2.08 bits per heavy atom. The predicted octanol–water partition coefficient (Wildman–Crippen LogP) is -0.0158. The predicted molar refractivity (Wildman–Crippen MR) is 54.9 cm³/mol. The normalized spacial score (nSPS) is 32.1. The Morgan fingerprint density at radius 1 is 1.31 bits per heavy atom. The monoisotopic (exact) mass is 183 g/mol. The fraction of sp³-hybridized carbons (Fsp3) is 1.00. The fourth-order valence-electron chi connectivity index (χ4n) is 2.33. The molecule has 76 valence electrons. The molecule has 3 nitrogen and oxygen atoms in total. The Labute approximate surface area is 81.1 Å². The molecule has 1 N–H and O–H groups in total. The van der Waals surface area contributed by atoms with Crippen LogP contribution >= 0.6 is 0 Å². The van der Waals surface area contributed by atoms with Gasteiger partial charge in [0.25, 0.3) is 0 Å². The van der Waals surface area contributed by atoms with E-state index in [1.165, 1.54) is 39.0 Å². The Balaban J connectivity index is 1.83. The molecule has 2 fully saturated rings. The van der Waals surface area contributed by atoms with Gasteiger partial charge in [0, 0.05) is 31.7 Å². The Kier molecular flexibility index (Phi) is 2.86. The summed E-state index contributed by atoms with van der Waals surface area (Å²) in [6.45, 7) is 4.92. The SMILES string of the molecule is CN1CCCC(N(C)C2CNC2)C1. The molecule has 2 saturated heterocycles. The van der Waals surface area contributed by atoms with E-state index in [0.717, 1.165) is 12.1 Å². The minimum atomic E-state index is 0.797. The molecule has 0 saturated carbocycles. The molecule has 0 spiro atoms. The molecular weight excluding hydrogens is 162 g/mol. The lowest BCUT2D eigenvalue weighted by Gasteiger charge is -2.43. The van der Waals surface area contributed by atoms with E-state index in [1.54, 1.807) is 0 Å². The molecule has 1 unspecified atom stereocenters. The third-order valence-electron chi connectivity index (χ3n) is 3.51. The van der Waals surface area contributed by atoms with Crippen molar-refractivity contribution in [3.63, 3.8) is 0 Å². The van der Waals surface area contributed by atoms with Crippen molar-refractivity contribution in [1.29, 1.82) is 0 Å². The van der Waals surface area contributed by atoms with Crippen LogP contribution in [0, 0.1) is 0 Å². The van der Waals surface area contributed by atoms with Crippen LogP contribution in [0.2, 0.25) is 0 Å². The fourth-order valence-corrected chi connectivity index (χ4v) is 2.33. The zero-order valence-corrected chi connectivity index (χ0v) is 8.79. The maximum atomic E-state index is 3.34. The number of nitrogens with one attached hydrogen (secondary N) is 1. The standard InChI is InChI=1S/C10H21N3/c1-12-5-3-4-9(8-12)13(2)10-6-11-7-10/h9-11H,3-8H2,1-2H3. The number of likely N-dealkylation sites (tertiary alicyclic amines) is 1. The average Bonchev–Trinajstić information content (AvgIpc) is 2.01. The molecule has 2 aliphatic heterocycles. The van der Waals surface area contributed by atoms with Gasteiger partial charge in [-0.1, -0.05) is 0 Å². The molecule has 0 aliphatic carbocycles. The minimum absolute atomic E-state index is 0.797. The van der Waals surface area contributed by atoms with Crippen LogP contribution in [-0.2, 0) is 0 Å². The zero-order valence-electron chi connectivity index (χ0n) is 8.79. The van der Waals surface area contributed by atoms with Crippen molar-refractivity contribution < 1.29 is 0 Å². The van der Waals surface area contributed by atoms with E-state index in [-0.39, 0.29) is 0 Å². The van der Waals surface area contributed by atoms with E-state index < -0.39 is 0 Å². The van der Waals surface area contributed by atoms with Gasteiger partial charge in [0.1, 0.15) is 0 Å². The summed E-state index contributed by atoms with van der Waals surface area (Å²) >= 11 is 0. The number of piperidine rings is 1. The Hall–Kier alpha value is -0.120. The highest BCUT2D eigenvalue weighted by Crippen LogP contribution is 2.16. The lowest BCUT2D eigenvalue weighted by atomic mass is 10.0. The van der Waals surface area contributed by atoms with Crippen molar-refractivity contribution >= 4 is 0 Å². The largest absolute Gasteiger partial charge is 0.314 e. The van der Waals surface area contributed by atoms with Gasteiger partial charge < -0.3 is 10.2 Å². The van der Waals surface area contributed by atoms with Crippen molar-refractivity contribution in [2.45, 2.75) is 24.9 Å². The molecule has 2 aliphatic rings. The summed E-state index contributed by atoms with van der Waals surface area (Å²) in [7, 11) is 4.52. The highest BCUT2D eigenvalue weighted by Gasteiger charge is 2.29. The first-order chi connectivity index (χ1) is 6.27. The van der Waals surface area contributed by atoms with Crippen molar-refractivity contribution in [2.75, 3.05) is 40.3 Å². The van der Waals surface area contributed by atoms with E-state index in [1.807, 2.05) is 0 Å². The summed E-state index contributed by atoms with van der Waals surface area (Å²) in [5.41, 5.74) is 0. The molecule has 0 aromatic heterocycles. The molecule has 13 heavy (non-hydrogen) atoms. The summed E-state index contributed by atoms with van der Waals surface area (Å²) in [5, 5.41) is 3.34. The minimum Gasteiger partial charge on any atom is -0.314 e. The van der Waals surface area contributed by atoms with E-state index in [4.69, 9.17) is 0 Å². The topological polar surface area (TPSA) is 18.5 Å². The van der Waals surface area contributed by atoms with Gasteiger partial charge in [-0.15, -0.1) is 0 Å². The second-order valence-corrected chi connectivity index (χ2v) is 4.54. The van der Waals surface area contributed by atoms with Gasteiger partial charge >= 0.3 is 0 Å². The van der Waals surface area contributed by atoms with Gasteiger partial charge in [-0.05, 0) is 33.5 Å². The number of hydrogen-bond acceptors (Lipinski definition) is 3. The molecule has 0 aromatic carbocycles. The van der Waals surface area contributed by atoms with Crippen molar-refractivity contribution in [1.82, 2.24) is 15.1 Å².